The summed E-state index contributed by atoms with van der Waals surface area (Å²) in [5, 5.41) is 12.0. The minimum atomic E-state index is -0.181. The van der Waals surface area contributed by atoms with Crippen molar-refractivity contribution >= 4 is 22.6 Å². The van der Waals surface area contributed by atoms with Crippen molar-refractivity contribution in [3.05, 3.63) is 71.7 Å². The zero-order chi connectivity index (χ0) is 20.6. The molecule has 152 valence electrons. The molecule has 1 unspecified atom stereocenters. The van der Waals surface area contributed by atoms with Crippen LogP contribution in [0.1, 0.15) is 41.1 Å². The van der Waals surface area contributed by atoms with Gasteiger partial charge in [0.2, 0.25) is 0 Å². The standard InChI is InChI=1S/C23H28N4O2/c1-16-11-14-29-21(16)22(28)25-12-6-13-26-23(24-3)27-17(2)19-10-9-18-7-4-5-8-20(18)15-19/h4-5,7-11,14-15,17H,6,12-13H2,1-3H3,(H,25,28)(H2,24,26,27). The number of nitrogens with one attached hydrogen (secondary N) is 3. The maximum Gasteiger partial charge on any atom is 0.287 e. The summed E-state index contributed by atoms with van der Waals surface area (Å²) >= 11 is 0. The molecule has 6 nitrogen and oxygen atoms in total. The summed E-state index contributed by atoms with van der Waals surface area (Å²) in [5.74, 6) is 0.929. The number of amides is 1. The van der Waals surface area contributed by atoms with E-state index in [9.17, 15) is 4.79 Å². The van der Waals surface area contributed by atoms with Crippen LogP contribution in [0.3, 0.4) is 0 Å². The third-order valence-electron chi connectivity index (χ3n) is 4.85. The van der Waals surface area contributed by atoms with Crippen LogP contribution in [0.15, 0.2) is 64.2 Å². The molecule has 0 saturated carbocycles. The van der Waals surface area contributed by atoms with Gasteiger partial charge in [-0.15, -0.1) is 0 Å². The van der Waals surface area contributed by atoms with Crippen molar-refractivity contribution in [3.8, 4) is 0 Å². The molecule has 6 heteroatoms. The third-order valence-corrected chi connectivity index (χ3v) is 4.85. The van der Waals surface area contributed by atoms with Crippen molar-refractivity contribution in [2.45, 2.75) is 26.3 Å². The molecule has 1 amide bonds. The average Bonchev–Trinajstić information content (AvgIpc) is 3.18. The van der Waals surface area contributed by atoms with Gasteiger partial charge in [0.15, 0.2) is 11.7 Å². The molecule has 0 spiro atoms. The minimum Gasteiger partial charge on any atom is -0.459 e. The zero-order valence-corrected chi connectivity index (χ0v) is 17.2. The van der Waals surface area contributed by atoms with Crippen molar-refractivity contribution in [2.75, 3.05) is 20.1 Å². The molecular formula is C23H28N4O2. The number of fused-ring (bicyclic) bond motifs is 1. The van der Waals surface area contributed by atoms with Gasteiger partial charge in [-0.3, -0.25) is 9.79 Å². The lowest BCUT2D eigenvalue weighted by atomic mass is 10.0. The van der Waals surface area contributed by atoms with E-state index >= 15 is 0 Å². The Hall–Kier alpha value is -3.28. The summed E-state index contributed by atoms with van der Waals surface area (Å²) in [4.78, 5) is 16.3. The van der Waals surface area contributed by atoms with Crippen LogP contribution in [-0.4, -0.2) is 32.0 Å². The highest BCUT2D eigenvalue weighted by Crippen LogP contribution is 2.20. The molecule has 0 bridgehead atoms. The summed E-state index contributed by atoms with van der Waals surface area (Å²) in [7, 11) is 1.75. The first-order chi connectivity index (χ1) is 14.1. The highest BCUT2D eigenvalue weighted by Gasteiger charge is 2.12. The fourth-order valence-corrected chi connectivity index (χ4v) is 3.14. The number of hydrogen-bond donors (Lipinski definition) is 3. The van der Waals surface area contributed by atoms with Crippen molar-refractivity contribution in [1.29, 1.82) is 0 Å². The quantitative estimate of drug-likeness (QED) is 0.325. The van der Waals surface area contributed by atoms with E-state index in [1.165, 1.54) is 22.6 Å². The molecule has 1 aromatic heterocycles. The Labute approximate surface area is 171 Å². The zero-order valence-electron chi connectivity index (χ0n) is 17.2. The molecular weight excluding hydrogens is 364 g/mol. The van der Waals surface area contributed by atoms with E-state index in [0.29, 0.717) is 18.8 Å². The van der Waals surface area contributed by atoms with Gasteiger partial charge in [-0.2, -0.15) is 0 Å². The summed E-state index contributed by atoms with van der Waals surface area (Å²) in [6.07, 6.45) is 2.30. The molecule has 0 radical (unpaired) electrons. The van der Waals surface area contributed by atoms with Crippen LogP contribution >= 0.6 is 0 Å². The molecule has 0 aliphatic rings. The molecule has 3 aromatic rings. The van der Waals surface area contributed by atoms with Crippen LogP contribution < -0.4 is 16.0 Å². The average molecular weight is 393 g/mol. The van der Waals surface area contributed by atoms with E-state index < -0.39 is 0 Å². The van der Waals surface area contributed by atoms with Crippen LogP contribution in [0, 0.1) is 6.92 Å². The number of aryl methyl sites for hydroxylation is 1. The summed E-state index contributed by atoms with van der Waals surface area (Å²) in [5.41, 5.74) is 2.04. The Morgan fingerprint density at radius 2 is 1.83 bits per heavy atom. The molecule has 0 saturated heterocycles. The Kier molecular flexibility index (Phi) is 6.89. The molecule has 0 aliphatic heterocycles. The van der Waals surface area contributed by atoms with Gasteiger partial charge in [0, 0.05) is 25.7 Å². The number of guanidine groups is 1. The van der Waals surface area contributed by atoms with Gasteiger partial charge in [0.1, 0.15) is 0 Å². The molecule has 0 fully saturated rings. The molecule has 29 heavy (non-hydrogen) atoms. The number of benzene rings is 2. The van der Waals surface area contributed by atoms with Gasteiger partial charge >= 0.3 is 0 Å². The van der Waals surface area contributed by atoms with E-state index in [-0.39, 0.29) is 11.9 Å². The van der Waals surface area contributed by atoms with Gasteiger partial charge in [0.05, 0.1) is 12.3 Å². The van der Waals surface area contributed by atoms with Gasteiger partial charge in [-0.25, -0.2) is 0 Å². The molecule has 0 aliphatic carbocycles. The number of rotatable bonds is 7. The summed E-state index contributed by atoms with van der Waals surface area (Å²) in [6, 6.07) is 16.7. The predicted molar refractivity (Wildman–Crippen MR) is 117 cm³/mol. The number of hydrogen-bond acceptors (Lipinski definition) is 3. The first-order valence-corrected chi connectivity index (χ1v) is 9.86. The van der Waals surface area contributed by atoms with Crippen LogP contribution in [0.4, 0.5) is 0 Å². The topological polar surface area (TPSA) is 78.7 Å². The number of nitrogens with zero attached hydrogens (tertiary/aromatic N) is 1. The lowest BCUT2D eigenvalue weighted by Gasteiger charge is -2.19. The fraction of sp³-hybridized carbons (Fsp3) is 0.304. The van der Waals surface area contributed by atoms with Gasteiger partial charge in [-0.05, 0) is 48.7 Å². The maximum absolute atomic E-state index is 12.0. The van der Waals surface area contributed by atoms with Crippen molar-refractivity contribution in [2.24, 2.45) is 4.99 Å². The number of aliphatic imine (C=N–C) groups is 1. The Morgan fingerprint density at radius 3 is 2.55 bits per heavy atom. The Bertz CT molecular complexity index is 993. The van der Waals surface area contributed by atoms with Gasteiger partial charge in [-0.1, -0.05) is 36.4 Å². The summed E-state index contributed by atoms with van der Waals surface area (Å²) in [6.45, 7) is 5.22. The van der Waals surface area contributed by atoms with Gasteiger partial charge < -0.3 is 20.4 Å². The van der Waals surface area contributed by atoms with Crippen LogP contribution in [0.25, 0.3) is 10.8 Å². The normalized spacial score (nSPS) is 12.6. The molecule has 1 heterocycles. The molecule has 3 rings (SSSR count). The smallest absolute Gasteiger partial charge is 0.287 e. The van der Waals surface area contributed by atoms with Gasteiger partial charge in [0.25, 0.3) is 5.91 Å². The Balaban J connectivity index is 1.44. The second-order valence-electron chi connectivity index (χ2n) is 7.01. The third kappa shape index (κ3) is 5.38. The summed E-state index contributed by atoms with van der Waals surface area (Å²) < 4.78 is 5.19. The lowest BCUT2D eigenvalue weighted by molar-refractivity contribution is 0.0925. The van der Waals surface area contributed by atoms with E-state index in [1.807, 2.05) is 13.0 Å². The van der Waals surface area contributed by atoms with E-state index in [0.717, 1.165) is 17.9 Å². The van der Waals surface area contributed by atoms with Crippen LogP contribution in [0.2, 0.25) is 0 Å². The van der Waals surface area contributed by atoms with Crippen LogP contribution in [-0.2, 0) is 0 Å². The minimum absolute atomic E-state index is 0.118. The number of carbonyl (C=O) groups is 1. The highest BCUT2D eigenvalue weighted by molar-refractivity contribution is 5.92. The second kappa shape index (κ2) is 9.78. The SMILES string of the molecule is CN=C(NCCCNC(=O)c1occc1C)NC(C)c1ccc2ccccc2c1. The van der Waals surface area contributed by atoms with Crippen LogP contribution in [0.5, 0.6) is 0 Å². The molecule has 1 atom stereocenters. The number of carbonyl (C=O) groups excluding carboxylic acids is 1. The molecule has 3 N–H and O–H groups in total. The monoisotopic (exact) mass is 392 g/mol. The predicted octanol–water partition coefficient (Wildman–Crippen LogP) is 3.79. The fourth-order valence-electron chi connectivity index (χ4n) is 3.14. The first-order valence-electron chi connectivity index (χ1n) is 9.86. The maximum atomic E-state index is 12.0. The largest absolute Gasteiger partial charge is 0.459 e. The Morgan fingerprint density at radius 1 is 1.07 bits per heavy atom. The lowest BCUT2D eigenvalue weighted by Crippen LogP contribution is -2.40. The second-order valence-corrected chi connectivity index (χ2v) is 7.01. The van der Waals surface area contributed by atoms with E-state index in [2.05, 4.69) is 64.3 Å². The van der Waals surface area contributed by atoms with Crippen molar-refractivity contribution in [1.82, 2.24) is 16.0 Å². The highest BCUT2D eigenvalue weighted by atomic mass is 16.3. The van der Waals surface area contributed by atoms with Crippen molar-refractivity contribution < 1.29 is 9.21 Å². The first kappa shape index (κ1) is 20.5. The van der Waals surface area contributed by atoms with E-state index in [1.54, 1.807) is 13.1 Å². The number of furan rings is 1. The molecule has 2 aromatic carbocycles. The van der Waals surface area contributed by atoms with Crippen molar-refractivity contribution in [3.63, 3.8) is 0 Å². The van der Waals surface area contributed by atoms with E-state index in [4.69, 9.17) is 4.42 Å².